The SMILES string of the molecule is CN(C)CCNC(=O)c1cccc(S(=O)(=O)NC(Cc2cccc(C(=N)N)c2)c2nc3ccccc3s2)c1. The fourth-order valence-electron chi connectivity index (χ4n) is 3.87. The summed E-state index contributed by atoms with van der Waals surface area (Å²) in [7, 11) is -0.208. The van der Waals surface area contributed by atoms with Crippen LogP contribution in [0.1, 0.15) is 32.5 Å². The minimum absolute atomic E-state index is 0.0126. The predicted molar refractivity (Wildman–Crippen MR) is 151 cm³/mol. The number of benzene rings is 3. The number of nitrogen functional groups attached to an aromatic ring is 1. The maximum atomic E-state index is 13.5. The van der Waals surface area contributed by atoms with Gasteiger partial charge < -0.3 is 16.0 Å². The molecule has 1 amide bonds. The fourth-order valence-corrected chi connectivity index (χ4v) is 6.21. The molecule has 198 valence electrons. The van der Waals surface area contributed by atoms with Crippen LogP contribution in [0.2, 0.25) is 0 Å². The van der Waals surface area contributed by atoms with Gasteiger partial charge in [-0.15, -0.1) is 11.3 Å². The Morgan fingerprint density at radius 1 is 1.05 bits per heavy atom. The molecule has 0 aliphatic rings. The molecule has 3 aromatic carbocycles. The average molecular weight is 551 g/mol. The number of amidine groups is 1. The summed E-state index contributed by atoms with van der Waals surface area (Å²) in [6.45, 7) is 1.11. The zero-order chi connectivity index (χ0) is 27.3. The van der Waals surface area contributed by atoms with Crippen molar-refractivity contribution in [3.8, 4) is 0 Å². The summed E-state index contributed by atoms with van der Waals surface area (Å²) in [5.41, 5.74) is 8.07. The van der Waals surface area contributed by atoms with E-state index < -0.39 is 16.1 Å². The van der Waals surface area contributed by atoms with E-state index in [0.29, 0.717) is 30.1 Å². The first-order valence-corrected chi connectivity index (χ1v) is 14.3. The van der Waals surface area contributed by atoms with Crippen molar-refractivity contribution in [3.63, 3.8) is 0 Å². The number of nitrogens with two attached hydrogens (primary N) is 1. The van der Waals surface area contributed by atoms with Crippen LogP contribution >= 0.6 is 11.3 Å². The molecule has 9 nitrogen and oxygen atoms in total. The van der Waals surface area contributed by atoms with Gasteiger partial charge in [-0.3, -0.25) is 10.2 Å². The molecule has 38 heavy (non-hydrogen) atoms. The Hall–Kier alpha value is -3.64. The Bertz CT molecular complexity index is 1530. The first-order valence-electron chi connectivity index (χ1n) is 12.0. The van der Waals surface area contributed by atoms with Gasteiger partial charge in [-0.2, -0.15) is 0 Å². The number of carbonyl (C=O) groups excluding carboxylic acids is 1. The van der Waals surface area contributed by atoms with Gasteiger partial charge in [0.2, 0.25) is 10.0 Å². The third-order valence-electron chi connectivity index (χ3n) is 5.83. The maximum absolute atomic E-state index is 13.5. The number of amides is 1. The second kappa shape index (κ2) is 11.8. The number of hydrogen-bond acceptors (Lipinski definition) is 7. The van der Waals surface area contributed by atoms with Gasteiger partial charge in [0.25, 0.3) is 5.91 Å². The van der Waals surface area contributed by atoms with Crippen molar-refractivity contribution in [2.45, 2.75) is 17.4 Å². The molecule has 0 saturated carbocycles. The Labute approximate surface area is 226 Å². The number of aromatic nitrogens is 1. The van der Waals surface area contributed by atoms with Gasteiger partial charge in [0.1, 0.15) is 10.8 Å². The van der Waals surface area contributed by atoms with Crippen molar-refractivity contribution < 1.29 is 13.2 Å². The smallest absolute Gasteiger partial charge is 0.251 e. The monoisotopic (exact) mass is 550 g/mol. The molecule has 0 aliphatic heterocycles. The highest BCUT2D eigenvalue weighted by atomic mass is 32.2. The van der Waals surface area contributed by atoms with Gasteiger partial charge in [0.05, 0.1) is 21.2 Å². The van der Waals surface area contributed by atoms with Gasteiger partial charge in [-0.25, -0.2) is 18.1 Å². The molecule has 1 unspecified atom stereocenters. The van der Waals surface area contributed by atoms with Crippen LogP contribution in [0.4, 0.5) is 0 Å². The molecule has 1 aromatic heterocycles. The van der Waals surface area contributed by atoms with Gasteiger partial charge in [-0.05, 0) is 62.5 Å². The molecule has 1 heterocycles. The van der Waals surface area contributed by atoms with Crippen molar-refractivity contribution in [1.29, 1.82) is 5.41 Å². The van der Waals surface area contributed by atoms with Crippen LogP contribution in [-0.2, 0) is 16.4 Å². The second-order valence-electron chi connectivity index (χ2n) is 9.10. The minimum atomic E-state index is -4.02. The van der Waals surface area contributed by atoms with Gasteiger partial charge in [-0.1, -0.05) is 36.4 Å². The highest BCUT2D eigenvalue weighted by Crippen LogP contribution is 2.30. The van der Waals surface area contributed by atoms with Gasteiger partial charge >= 0.3 is 0 Å². The van der Waals surface area contributed by atoms with Crippen LogP contribution in [-0.4, -0.2) is 57.2 Å². The van der Waals surface area contributed by atoms with E-state index >= 15 is 0 Å². The second-order valence-corrected chi connectivity index (χ2v) is 11.9. The number of nitrogens with one attached hydrogen (secondary N) is 3. The van der Waals surface area contributed by atoms with E-state index in [2.05, 4.69) is 10.0 Å². The summed E-state index contributed by atoms with van der Waals surface area (Å²) in [6, 6.07) is 20.1. The van der Waals surface area contributed by atoms with E-state index in [4.69, 9.17) is 16.1 Å². The van der Waals surface area contributed by atoms with Crippen LogP contribution in [0.15, 0.2) is 77.7 Å². The molecular weight excluding hydrogens is 520 g/mol. The standard InChI is InChI=1S/C27H30N6O3S2/c1-33(2)14-13-30-26(34)20-9-6-10-21(17-20)38(35,36)32-23(16-18-7-5-8-19(15-18)25(28)29)27-31-22-11-3-4-12-24(22)37-27/h3-12,15,17,23,32H,13-14,16H2,1-2H3,(H3,28,29)(H,30,34). The zero-order valence-corrected chi connectivity index (χ0v) is 22.8. The van der Waals surface area contributed by atoms with E-state index in [1.165, 1.54) is 23.5 Å². The van der Waals surface area contributed by atoms with Crippen molar-refractivity contribution in [2.75, 3.05) is 27.2 Å². The number of hydrogen-bond donors (Lipinski definition) is 4. The highest BCUT2D eigenvalue weighted by Gasteiger charge is 2.25. The molecule has 4 aromatic rings. The molecular formula is C27H30N6O3S2. The lowest BCUT2D eigenvalue weighted by Crippen LogP contribution is -2.32. The van der Waals surface area contributed by atoms with Crippen molar-refractivity contribution in [3.05, 3.63) is 94.5 Å². The van der Waals surface area contributed by atoms with E-state index in [0.717, 1.165) is 15.8 Å². The number of fused-ring (bicyclic) bond motifs is 1. The summed E-state index contributed by atoms with van der Waals surface area (Å²) in [4.78, 5) is 19.2. The third-order valence-corrected chi connectivity index (χ3v) is 8.45. The van der Waals surface area contributed by atoms with Crippen molar-refractivity contribution >= 4 is 43.3 Å². The summed E-state index contributed by atoms with van der Waals surface area (Å²) in [6.07, 6.45) is 0.297. The number of thiazole rings is 1. The number of rotatable bonds is 11. The molecule has 0 saturated heterocycles. The van der Waals surface area contributed by atoms with Crippen LogP contribution in [0.25, 0.3) is 10.2 Å². The molecule has 11 heteroatoms. The minimum Gasteiger partial charge on any atom is -0.384 e. The predicted octanol–water partition coefficient (Wildman–Crippen LogP) is 3.13. The lowest BCUT2D eigenvalue weighted by Gasteiger charge is -2.18. The summed E-state index contributed by atoms with van der Waals surface area (Å²) in [5.74, 6) is -0.405. The van der Waals surface area contributed by atoms with Crippen molar-refractivity contribution in [2.24, 2.45) is 5.73 Å². The number of nitrogens with zero attached hydrogens (tertiary/aromatic N) is 2. The average Bonchev–Trinajstić information content (AvgIpc) is 3.33. The number of carbonyl (C=O) groups is 1. The number of sulfonamides is 1. The first kappa shape index (κ1) is 27.4. The van der Waals surface area contributed by atoms with E-state index in [1.54, 1.807) is 30.3 Å². The molecule has 4 rings (SSSR count). The van der Waals surface area contributed by atoms with Crippen LogP contribution in [0.5, 0.6) is 0 Å². The fraction of sp³-hybridized carbons (Fsp3) is 0.222. The van der Waals surface area contributed by atoms with Crippen molar-refractivity contribution in [1.82, 2.24) is 19.9 Å². The quantitative estimate of drug-likeness (QED) is 0.167. The Morgan fingerprint density at radius 3 is 2.53 bits per heavy atom. The normalized spacial score (nSPS) is 12.5. The lowest BCUT2D eigenvalue weighted by molar-refractivity contribution is 0.0951. The van der Waals surface area contributed by atoms with Gasteiger partial charge in [0.15, 0.2) is 0 Å². The van der Waals surface area contributed by atoms with E-state index in [9.17, 15) is 13.2 Å². The molecule has 0 fully saturated rings. The zero-order valence-electron chi connectivity index (χ0n) is 21.1. The number of para-hydroxylation sites is 1. The molecule has 0 spiro atoms. The van der Waals surface area contributed by atoms with E-state index in [-0.39, 0.29) is 22.2 Å². The Morgan fingerprint density at radius 2 is 1.79 bits per heavy atom. The van der Waals surface area contributed by atoms with E-state index in [1.807, 2.05) is 49.3 Å². The topological polar surface area (TPSA) is 141 Å². The number of likely N-dealkylation sites (N-methyl/N-ethyl adjacent to an activating group) is 1. The van der Waals surface area contributed by atoms with Gasteiger partial charge in [0, 0.05) is 24.2 Å². The maximum Gasteiger partial charge on any atom is 0.251 e. The van der Waals surface area contributed by atoms with Crippen LogP contribution in [0, 0.1) is 5.41 Å². The lowest BCUT2D eigenvalue weighted by atomic mass is 10.0. The first-order chi connectivity index (χ1) is 18.1. The molecule has 1 atom stereocenters. The largest absolute Gasteiger partial charge is 0.384 e. The van der Waals surface area contributed by atoms with Crippen LogP contribution in [0.3, 0.4) is 0 Å². The Balaban J connectivity index is 1.63. The summed E-state index contributed by atoms with van der Waals surface area (Å²) in [5, 5.41) is 11.2. The molecule has 0 bridgehead atoms. The molecule has 0 radical (unpaired) electrons. The molecule has 5 N–H and O–H groups in total. The molecule has 0 aliphatic carbocycles. The summed E-state index contributed by atoms with van der Waals surface area (Å²) >= 11 is 1.42. The third kappa shape index (κ3) is 6.81. The Kier molecular flexibility index (Phi) is 8.52. The summed E-state index contributed by atoms with van der Waals surface area (Å²) < 4.78 is 30.8. The highest BCUT2D eigenvalue weighted by molar-refractivity contribution is 7.89. The van der Waals surface area contributed by atoms with Crippen LogP contribution < -0.4 is 15.8 Å².